The molecule has 1 aliphatic rings. The Hall–Kier alpha value is -3.00. The summed E-state index contributed by atoms with van der Waals surface area (Å²) in [6, 6.07) is 10.8. The van der Waals surface area contributed by atoms with Gasteiger partial charge >= 0.3 is 0 Å². The maximum Gasteiger partial charge on any atom is 0.290 e. The molecule has 3 rings (SSSR count). The Bertz CT molecular complexity index is 894. The third-order valence-electron chi connectivity index (χ3n) is 5.01. The van der Waals surface area contributed by atoms with Crippen molar-refractivity contribution in [3.05, 3.63) is 47.7 Å². The van der Waals surface area contributed by atoms with Gasteiger partial charge in [0.1, 0.15) is 12.3 Å². The number of rotatable bonds is 8. The fraction of sp³-hybridized carbons (Fsp3) is 0.478. The molecule has 8 heteroatoms. The summed E-state index contributed by atoms with van der Waals surface area (Å²) in [5, 5.41) is 0. The summed E-state index contributed by atoms with van der Waals surface area (Å²) in [6.07, 6.45) is -0.336. The van der Waals surface area contributed by atoms with Crippen LogP contribution >= 0.6 is 0 Å². The Labute approximate surface area is 182 Å². The predicted octanol–water partition coefficient (Wildman–Crippen LogP) is 2.82. The average molecular weight is 431 g/mol. The standard InChI is InChI=1S/C23H30N2O6/c1-16(2)11-24-12-19(30-15-17-6-5-7-18(10-17)28-3)13-25(14-21(24)26)23(27)20-8-9-22(29-4)31-20/h5-10,16,19H,11-15H2,1-4H3. The number of furan rings is 1. The fourth-order valence-electron chi connectivity index (χ4n) is 3.53. The fourth-order valence-corrected chi connectivity index (χ4v) is 3.53. The van der Waals surface area contributed by atoms with E-state index in [0.29, 0.717) is 25.6 Å². The molecule has 0 saturated carbocycles. The number of benzene rings is 1. The lowest BCUT2D eigenvalue weighted by Gasteiger charge is -2.26. The van der Waals surface area contributed by atoms with Crippen LogP contribution in [0.4, 0.5) is 0 Å². The van der Waals surface area contributed by atoms with E-state index in [2.05, 4.69) is 13.8 Å². The van der Waals surface area contributed by atoms with Crippen molar-refractivity contribution in [1.29, 1.82) is 0 Å². The minimum Gasteiger partial charge on any atom is -0.497 e. The highest BCUT2D eigenvalue weighted by Gasteiger charge is 2.32. The summed E-state index contributed by atoms with van der Waals surface area (Å²) in [7, 11) is 3.09. The van der Waals surface area contributed by atoms with Gasteiger partial charge < -0.3 is 28.4 Å². The van der Waals surface area contributed by atoms with E-state index in [-0.39, 0.29) is 42.7 Å². The van der Waals surface area contributed by atoms with Crippen molar-refractivity contribution in [1.82, 2.24) is 9.80 Å². The Morgan fingerprint density at radius 1 is 1.16 bits per heavy atom. The van der Waals surface area contributed by atoms with Crippen LogP contribution in [0, 0.1) is 5.92 Å². The largest absolute Gasteiger partial charge is 0.497 e. The molecule has 0 radical (unpaired) electrons. The molecule has 1 saturated heterocycles. The summed E-state index contributed by atoms with van der Waals surface area (Å²) in [4.78, 5) is 29.1. The summed E-state index contributed by atoms with van der Waals surface area (Å²) in [5.74, 6) is 0.970. The molecule has 2 aromatic rings. The van der Waals surface area contributed by atoms with E-state index in [4.69, 9.17) is 18.6 Å². The summed E-state index contributed by atoms with van der Waals surface area (Å²) >= 11 is 0. The van der Waals surface area contributed by atoms with E-state index in [1.54, 1.807) is 24.1 Å². The molecule has 1 aromatic heterocycles. The molecule has 1 aromatic carbocycles. The van der Waals surface area contributed by atoms with Crippen LogP contribution in [-0.4, -0.2) is 68.1 Å². The van der Waals surface area contributed by atoms with Crippen molar-refractivity contribution in [2.45, 2.75) is 26.6 Å². The molecule has 168 valence electrons. The molecule has 0 bridgehead atoms. The van der Waals surface area contributed by atoms with Gasteiger partial charge in [-0.3, -0.25) is 9.59 Å². The van der Waals surface area contributed by atoms with E-state index in [1.165, 1.54) is 12.0 Å². The molecule has 31 heavy (non-hydrogen) atoms. The molecule has 1 unspecified atom stereocenters. The van der Waals surface area contributed by atoms with Crippen LogP contribution < -0.4 is 9.47 Å². The third kappa shape index (κ3) is 6.01. The first-order valence-corrected chi connectivity index (χ1v) is 10.3. The first kappa shape index (κ1) is 22.7. The van der Waals surface area contributed by atoms with Gasteiger partial charge in [0.25, 0.3) is 11.9 Å². The van der Waals surface area contributed by atoms with Crippen molar-refractivity contribution in [2.75, 3.05) is 40.4 Å². The SMILES string of the molecule is COc1cccc(COC2CN(CC(C)C)C(=O)CN(C(=O)c3ccc(OC)o3)C2)c1. The highest BCUT2D eigenvalue weighted by Crippen LogP contribution is 2.20. The van der Waals surface area contributed by atoms with Crippen LogP contribution in [-0.2, 0) is 16.1 Å². The Kier molecular flexibility index (Phi) is 7.57. The van der Waals surface area contributed by atoms with Gasteiger partial charge in [0.05, 0.1) is 26.9 Å². The maximum atomic E-state index is 13.0. The van der Waals surface area contributed by atoms with E-state index in [1.807, 2.05) is 24.3 Å². The molecule has 2 amide bonds. The van der Waals surface area contributed by atoms with Crippen LogP contribution in [0.3, 0.4) is 0 Å². The number of ether oxygens (including phenoxy) is 3. The quantitative estimate of drug-likeness (QED) is 0.641. The van der Waals surface area contributed by atoms with Crippen molar-refractivity contribution < 1.29 is 28.2 Å². The normalized spacial score (nSPS) is 17.1. The van der Waals surface area contributed by atoms with Crippen LogP contribution in [0.2, 0.25) is 0 Å². The lowest BCUT2D eigenvalue weighted by atomic mass is 10.2. The second-order valence-corrected chi connectivity index (χ2v) is 7.99. The van der Waals surface area contributed by atoms with Crippen molar-refractivity contribution >= 4 is 11.8 Å². The second kappa shape index (κ2) is 10.3. The maximum absolute atomic E-state index is 13.0. The van der Waals surface area contributed by atoms with Crippen molar-refractivity contribution in [2.24, 2.45) is 5.92 Å². The Balaban J connectivity index is 1.76. The first-order chi connectivity index (χ1) is 14.9. The van der Waals surface area contributed by atoms with Gasteiger partial charge in [0.2, 0.25) is 5.91 Å². The number of hydrogen-bond donors (Lipinski definition) is 0. The molecule has 8 nitrogen and oxygen atoms in total. The average Bonchev–Trinajstić information content (AvgIpc) is 3.19. The molecule has 0 spiro atoms. The predicted molar refractivity (Wildman–Crippen MR) is 114 cm³/mol. The van der Waals surface area contributed by atoms with E-state index >= 15 is 0 Å². The topological polar surface area (TPSA) is 81.5 Å². The molecule has 1 atom stereocenters. The molecular formula is C23H30N2O6. The van der Waals surface area contributed by atoms with Crippen molar-refractivity contribution in [3.63, 3.8) is 0 Å². The zero-order chi connectivity index (χ0) is 22.4. The number of nitrogens with zero attached hydrogens (tertiary/aromatic N) is 2. The van der Waals surface area contributed by atoms with Gasteiger partial charge in [-0.15, -0.1) is 0 Å². The number of hydrogen-bond acceptors (Lipinski definition) is 6. The molecule has 0 N–H and O–H groups in total. The number of amides is 2. The highest BCUT2D eigenvalue weighted by atomic mass is 16.6. The number of carbonyl (C=O) groups excluding carboxylic acids is 2. The summed E-state index contributed by atoms with van der Waals surface area (Å²) in [6.45, 7) is 5.76. The van der Waals surface area contributed by atoms with Gasteiger partial charge in [-0.25, -0.2) is 0 Å². The molecular weight excluding hydrogens is 400 g/mol. The van der Waals surface area contributed by atoms with Gasteiger partial charge in [0, 0.05) is 25.7 Å². The highest BCUT2D eigenvalue weighted by molar-refractivity contribution is 5.94. The van der Waals surface area contributed by atoms with Crippen LogP contribution in [0.25, 0.3) is 0 Å². The molecule has 1 fully saturated rings. The zero-order valence-corrected chi connectivity index (χ0v) is 18.5. The number of carbonyl (C=O) groups is 2. The third-order valence-corrected chi connectivity index (χ3v) is 5.01. The first-order valence-electron chi connectivity index (χ1n) is 10.3. The van der Waals surface area contributed by atoms with Crippen molar-refractivity contribution in [3.8, 4) is 11.7 Å². The Morgan fingerprint density at radius 3 is 2.65 bits per heavy atom. The minimum atomic E-state index is -0.363. The lowest BCUT2D eigenvalue weighted by Crippen LogP contribution is -2.40. The van der Waals surface area contributed by atoms with Crippen LogP contribution in [0.15, 0.2) is 40.8 Å². The molecule has 2 heterocycles. The van der Waals surface area contributed by atoms with Gasteiger partial charge in [0.15, 0.2) is 5.76 Å². The smallest absolute Gasteiger partial charge is 0.290 e. The van der Waals surface area contributed by atoms with E-state index in [9.17, 15) is 9.59 Å². The van der Waals surface area contributed by atoms with E-state index in [0.717, 1.165) is 11.3 Å². The zero-order valence-electron chi connectivity index (χ0n) is 18.5. The molecule has 0 aliphatic carbocycles. The van der Waals surface area contributed by atoms with Gasteiger partial charge in [-0.2, -0.15) is 0 Å². The Morgan fingerprint density at radius 2 is 1.97 bits per heavy atom. The van der Waals surface area contributed by atoms with E-state index < -0.39 is 0 Å². The van der Waals surface area contributed by atoms with Gasteiger partial charge in [-0.05, 0) is 29.7 Å². The summed E-state index contributed by atoms with van der Waals surface area (Å²) in [5.41, 5.74) is 0.957. The second-order valence-electron chi connectivity index (χ2n) is 7.99. The van der Waals surface area contributed by atoms with Crippen LogP contribution in [0.5, 0.6) is 11.7 Å². The van der Waals surface area contributed by atoms with Crippen LogP contribution in [0.1, 0.15) is 30.0 Å². The lowest BCUT2D eigenvalue weighted by molar-refractivity contribution is -0.132. The number of methoxy groups -OCH3 is 2. The monoisotopic (exact) mass is 430 g/mol. The minimum absolute atomic E-state index is 0.0202. The summed E-state index contributed by atoms with van der Waals surface area (Å²) < 4.78 is 21.9. The van der Waals surface area contributed by atoms with Gasteiger partial charge in [-0.1, -0.05) is 26.0 Å². The molecule has 1 aliphatic heterocycles.